The zero-order valence-electron chi connectivity index (χ0n) is 40.3. The van der Waals surface area contributed by atoms with Crippen molar-refractivity contribution in [2.45, 2.75) is 87.4 Å². The average molecular weight is 998 g/mol. The number of hydrogen-bond donors (Lipinski definition) is 5. The fourth-order valence-corrected chi connectivity index (χ4v) is 10.4. The van der Waals surface area contributed by atoms with Gasteiger partial charge in [0, 0.05) is 87.5 Å². The molecule has 5 heterocycles. The molecule has 0 aliphatic carbocycles. The van der Waals surface area contributed by atoms with Gasteiger partial charge in [-0.25, -0.2) is 4.79 Å². The molecule has 0 bridgehead atoms. The van der Waals surface area contributed by atoms with E-state index in [1.54, 1.807) is 29.2 Å². The number of nitrogens with one attached hydrogen (secondary N) is 5. The normalized spacial score (nSPS) is 19.3. The van der Waals surface area contributed by atoms with E-state index in [0.717, 1.165) is 56.6 Å². The Balaban J connectivity index is 0.646. The summed E-state index contributed by atoms with van der Waals surface area (Å²) in [6.45, 7) is 7.06. The Hall–Kier alpha value is -5.82. The van der Waals surface area contributed by atoms with Gasteiger partial charge in [-0.2, -0.15) is 17.0 Å². The van der Waals surface area contributed by atoms with E-state index >= 15 is 0 Å². The van der Waals surface area contributed by atoms with Gasteiger partial charge in [0.2, 0.25) is 11.8 Å². The molecule has 3 atom stereocenters. The minimum Gasteiger partial charge on any atom is -0.490 e. The average Bonchev–Trinajstić information content (AvgIpc) is 3.95. The fourth-order valence-electron chi connectivity index (χ4n) is 8.86. The molecule has 382 valence electrons. The Kier molecular flexibility index (Phi) is 21.1. The molecule has 19 nitrogen and oxygen atoms in total. The standard InChI is InChI=1S/C51H67N9O10S/c52-32-36-4-6-37(7-5-36)34-59-20-14-40(15-21-59)56-49(63)38-8-13-43(54-33-38)50(64)60-22-16-42(17-23-60)70-41-11-9-39(10-12-41)55-47(62)18-24-66-26-28-68-30-31-69-29-27-67-25-19-53-46(61)3-1-2-45-48-44(35-71-45)57-51(65)58-48/h4-13,33,40,42,44-45,48H,1-3,14-31,34-35H2,(H,53,61)(H,55,62)(H,56,63)(H2,57,58,65)/t44-,45?,48-/m0/s1. The maximum Gasteiger partial charge on any atom is 0.315 e. The molecule has 6 amide bonds. The molecular formula is C51H67N9O10S. The minimum absolute atomic E-state index is 0.00419. The predicted molar refractivity (Wildman–Crippen MR) is 266 cm³/mol. The van der Waals surface area contributed by atoms with Crippen LogP contribution in [0.15, 0.2) is 66.9 Å². The summed E-state index contributed by atoms with van der Waals surface area (Å²) in [6.07, 6.45) is 6.72. The van der Waals surface area contributed by atoms with Gasteiger partial charge in [0.25, 0.3) is 11.8 Å². The summed E-state index contributed by atoms with van der Waals surface area (Å²) in [4.78, 5) is 70.9. The second-order valence-corrected chi connectivity index (χ2v) is 19.3. The minimum atomic E-state index is -0.198. The lowest BCUT2D eigenvalue weighted by atomic mass is 10.0. The van der Waals surface area contributed by atoms with E-state index in [1.165, 1.54) is 6.20 Å². The summed E-state index contributed by atoms with van der Waals surface area (Å²) in [6, 6.07) is 20.6. The number of hydrogen-bond acceptors (Lipinski definition) is 14. The van der Waals surface area contributed by atoms with Gasteiger partial charge in [0.1, 0.15) is 17.5 Å². The summed E-state index contributed by atoms with van der Waals surface area (Å²) in [5.41, 5.74) is 3.18. The van der Waals surface area contributed by atoms with E-state index in [4.69, 9.17) is 28.9 Å². The van der Waals surface area contributed by atoms with E-state index in [0.29, 0.717) is 119 Å². The van der Waals surface area contributed by atoms with Crippen molar-refractivity contribution in [2.75, 3.05) is 96.6 Å². The van der Waals surface area contributed by atoms with E-state index in [1.807, 2.05) is 48.2 Å². The van der Waals surface area contributed by atoms with Gasteiger partial charge in [0.05, 0.1) is 88.6 Å². The van der Waals surface area contributed by atoms with Gasteiger partial charge in [-0.15, -0.1) is 0 Å². The van der Waals surface area contributed by atoms with Crippen LogP contribution in [-0.2, 0) is 35.1 Å². The Morgan fingerprint density at radius 1 is 0.775 bits per heavy atom. The van der Waals surface area contributed by atoms with Crippen molar-refractivity contribution in [3.8, 4) is 11.8 Å². The molecule has 71 heavy (non-hydrogen) atoms. The smallest absolute Gasteiger partial charge is 0.315 e. The molecule has 5 N–H and O–H groups in total. The van der Waals surface area contributed by atoms with Crippen molar-refractivity contribution in [2.24, 2.45) is 0 Å². The summed E-state index contributed by atoms with van der Waals surface area (Å²) in [7, 11) is 0. The molecule has 2 aromatic carbocycles. The van der Waals surface area contributed by atoms with Crippen LogP contribution in [0.2, 0.25) is 0 Å². The Labute approximate surface area is 419 Å². The number of rotatable bonds is 27. The number of likely N-dealkylation sites (tertiary alicyclic amines) is 2. The first-order chi connectivity index (χ1) is 34.7. The Morgan fingerprint density at radius 3 is 2.14 bits per heavy atom. The molecule has 4 saturated heterocycles. The third kappa shape index (κ3) is 17.5. The number of amides is 6. The highest BCUT2D eigenvalue weighted by molar-refractivity contribution is 8.00. The van der Waals surface area contributed by atoms with Gasteiger partial charge >= 0.3 is 6.03 Å². The molecule has 20 heteroatoms. The van der Waals surface area contributed by atoms with Crippen LogP contribution in [-0.4, -0.2) is 165 Å². The van der Waals surface area contributed by atoms with Crippen LogP contribution in [0.4, 0.5) is 10.5 Å². The largest absolute Gasteiger partial charge is 0.490 e. The number of thioether (sulfide) groups is 1. The molecule has 1 aromatic heterocycles. The molecule has 0 saturated carbocycles. The number of piperidine rings is 2. The van der Waals surface area contributed by atoms with Crippen molar-refractivity contribution in [1.82, 2.24) is 36.1 Å². The van der Waals surface area contributed by atoms with E-state index in [9.17, 15) is 24.0 Å². The molecule has 7 rings (SSSR count). The van der Waals surface area contributed by atoms with Crippen LogP contribution in [0.1, 0.15) is 83.3 Å². The molecule has 4 aliphatic heterocycles. The first kappa shape index (κ1) is 53.0. The molecule has 0 spiro atoms. The van der Waals surface area contributed by atoms with Gasteiger partial charge < -0.3 is 55.2 Å². The highest BCUT2D eigenvalue weighted by atomic mass is 32.2. The summed E-state index contributed by atoms with van der Waals surface area (Å²) >= 11 is 1.85. The summed E-state index contributed by atoms with van der Waals surface area (Å²) in [5.74, 6) is 1.05. The van der Waals surface area contributed by atoms with Crippen LogP contribution in [0.3, 0.4) is 0 Å². The van der Waals surface area contributed by atoms with Crippen molar-refractivity contribution in [1.29, 1.82) is 5.26 Å². The highest BCUT2D eigenvalue weighted by Crippen LogP contribution is 2.33. The highest BCUT2D eigenvalue weighted by Gasteiger charge is 2.42. The van der Waals surface area contributed by atoms with E-state index < -0.39 is 0 Å². The quantitative estimate of drug-likeness (QED) is 0.0539. The zero-order chi connectivity index (χ0) is 49.6. The number of carbonyl (C=O) groups is 5. The number of carbonyl (C=O) groups excluding carboxylic acids is 5. The second kappa shape index (κ2) is 28.3. The number of nitriles is 1. The first-order valence-electron chi connectivity index (χ1n) is 24.8. The topological polar surface area (TPSA) is 235 Å². The van der Waals surface area contributed by atoms with Crippen molar-refractivity contribution >= 4 is 47.1 Å². The van der Waals surface area contributed by atoms with E-state index in [-0.39, 0.29) is 66.9 Å². The van der Waals surface area contributed by atoms with Crippen molar-refractivity contribution in [3.63, 3.8) is 0 Å². The zero-order valence-corrected chi connectivity index (χ0v) is 41.1. The summed E-state index contributed by atoms with van der Waals surface area (Å²) < 4.78 is 28.3. The second-order valence-electron chi connectivity index (χ2n) is 18.0. The lowest BCUT2D eigenvalue weighted by Gasteiger charge is -2.32. The maximum atomic E-state index is 13.3. The van der Waals surface area contributed by atoms with Crippen LogP contribution in [0, 0.1) is 11.3 Å². The molecule has 3 aromatic rings. The number of benzene rings is 2. The van der Waals surface area contributed by atoms with Crippen LogP contribution in [0.5, 0.6) is 5.75 Å². The Bertz CT molecular complexity index is 2220. The Morgan fingerprint density at radius 2 is 1.46 bits per heavy atom. The molecular weight excluding hydrogens is 931 g/mol. The molecule has 0 radical (unpaired) electrons. The SMILES string of the molecule is N#Cc1ccc(CN2CCC(NC(=O)c3ccc(C(=O)N4CCC(Oc5ccc(NC(=O)CCOCCOCCOCCOCCNC(=O)CCCC6SC[C@@H]7NC(=O)N[C@H]67)cc5)CC4)nc3)CC2)cc1. The fraction of sp³-hybridized carbons (Fsp3) is 0.549. The van der Waals surface area contributed by atoms with Crippen molar-refractivity contribution < 1.29 is 47.7 Å². The maximum absolute atomic E-state index is 13.3. The van der Waals surface area contributed by atoms with E-state index in [2.05, 4.69) is 42.5 Å². The lowest BCUT2D eigenvalue weighted by molar-refractivity contribution is -0.121. The van der Waals surface area contributed by atoms with Crippen LogP contribution >= 0.6 is 11.8 Å². The number of urea groups is 1. The van der Waals surface area contributed by atoms with Crippen LogP contribution in [0.25, 0.3) is 0 Å². The number of anilines is 1. The number of ether oxygens (including phenoxy) is 5. The van der Waals surface area contributed by atoms with Gasteiger partial charge in [0.15, 0.2) is 0 Å². The predicted octanol–water partition coefficient (Wildman–Crippen LogP) is 3.88. The van der Waals surface area contributed by atoms with Gasteiger partial charge in [-0.3, -0.25) is 29.1 Å². The monoisotopic (exact) mass is 997 g/mol. The van der Waals surface area contributed by atoms with Gasteiger partial charge in [-0.1, -0.05) is 12.1 Å². The lowest BCUT2D eigenvalue weighted by Crippen LogP contribution is -2.44. The molecule has 4 fully saturated rings. The molecule has 1 unspecified atom stereocenters. The number of fused-ring (bicyclic) bond motifs is 1. The molecule has 4 aliphatic rings. The number of nitrogens with zero attached hydrogens (tertiary/aromatic N) is 4. The third-order valence-corrected chi connectivity index (χ3v) is 14.3. The third-order valence-electron chi connectivity index (χ3n) is 12.8. The number of pyridine rings is 1. The van der Waals surface area contributed by atoms with Gasteiger partial charge in [-0.05, 0) is 79.8 Å². The number of aromatic nitrogens is 1. The first-order valence-corrected chi connectivity index (χ1v) is 25.8. The van der Waals surface area contributed by atoms with Crippen LogP contribution < -0.4 is 31.3 Å². The van der Waals surface area contributed by atoms with Crippen molar-refractivity contribution in [3.05, 3.63) is 89.2 Å². The summed E-state index contributed by atoms with van der Waals surface area (Å²) in [5, 5.41) is 24.2.